The van der Waals surface area contributed by atoms with Crippen molar-refractivity contribution < 1.29 is 33.6 Å². The number of ether oxygens (including phenoxy) is 4. The topological polar surface area (TPSA) is 97.8 Å². The van der Waals surface area contributed by atoms with E-state index in [9.17, 15) is 14.7 Å². The summed E-state index contributed by atoms with van der Waals surface area (Å²) in [6.45, 7) is 11.0. The summed E-state index contributed by atoms with van der Waals surface area (Å²) < 4.78 is 22.7. The van der Waals surface area contributed by atoms with Crippen molar-refractivity contribution in [1.82, 2.24) is 9.80 Å². The molecule has 1 N–H and O–H groups in total. The van der Waals surface area contributed by atoms with Gasteiger partial charge in [-0.2, -0.15) is 0 Å². The molecule has 1 amide bonds. The number of carbonyl (C=O) groups is 2. The number of morpholine rings is 1. The third-order valence-electron chi connectivity index (χ3n) is 6.78. The molecule has 39 heavy (non-hydrogen) atoms. The van der Waals surface area contributed by atoms with E-state index in [1.54, 1.807) is 41.3 Å². The fraction of sp³-hybridized carbons (Fsp3) is 0.467. The summed E-state index contributed by atoms with van der Waals surface area (Å²) in [7, 11) is 0. The molecule has 0 spiro atoms. The molecule has 4 rings (SSSR count). The monoisotopic (exact) mass is 538 g/mol. The van der Waals surface area contributed by atoms with Crippen molar-refractivity contribution >= 4 is 17.4 Å². The fourth-order valence-corrected chi connectivity index (χ4v) is 4.86. The molecule has 0 saturated carbocycles. The molecule has 2 aromatic rings. The Kier molecular flexibility index (Phi) is 9.84. The van der Waals surface area contributed by atoms with Gasteiger partial charge in [-0.15, -0.1) is 0 Å². The van der Waals surface area contributed by atoms with E-state index < -0.39 is 17.7 Å². The van der Waals surface area contributed by atoms with Crippen LogP contribution in [0, 0.1) is 0 Å². The van der Waals surface area contributed by atoms with Gasteiger partial charge in [0.2, 0.25) is 0 Å². The van der Waals surface area contributed by atoms with Gasteiger partial charge in [0, 0.05) is 31.7 Å². The number of hydrogen-bond donors (Lipinski definition) is 1. The predicted molar refractivity (Wildman–Crippen MR) is 147 cm³/mol. The number of amides is 1. The van der Waals surface area contributed by atoms with E-state index in [1.165, 1.54) is 0 Å². The van der Waals surface area contributed by atoms with E-state index >= 15 is 0 Å². The van der Waals surface area contributed by atoms with Gasteiger partial charge in [0.1, 0.15) is 11.5 Å². The van der Waals surface area contributed by atoms with Crippen LogP contribution in [0.2, 0.25) is 0 Å². The largest absolute Gasteiger partial charge is 0.507 e. The van der Waals surface area contributed by atoms with Crippen molar-refractivity contribution in [2.45, 2.75) is 33.2 Å². The lowest BCUT2D eigenvalue weighted by Crippen LogP contribution is -2.42. The molecule has 210 valence electrons. The van der Waals surface area contributed by atoms with Crippen LogP contribution in [0.4, 0.5) is 0 Å². The highest BCUT2D eigenvalue weighted by molar-refractivity contribution is 6.46. The highest BCUT2D eigenvalue weighted by atomic mass is 16.5. The Labute approximate surface area is 229 Å². The van der Waals surface area contributed by atoms with E-state index in [1.807, 2.05) is 26.8 Å². The van der Waals surface area contributed by atoms with Crippen LogP contribution < -0.4 is 14.2 Å². The van der Waals surface area contributed by atoms with Gasteiger partial charge in [0.25, 0.3) is 11.7 Å². The van der Waals surface area contributed by atoms with Gasteiger partial charge in [0.05, 0.1) is 44.6 Å². The molecule has 1 atom stereocenters. The molecule has 2 aromatic carbocycles. The second-order valence-electron chi connectivity index (χ2n) is 9.39. The molecule has 0 radical (unpaired) electrons. The van der Waals surface area contributed by atoms with E-state index in [0.717, 1.165) is 19.5 Å². The first-order valence-corrected chi connectivity index (χ1v) is 13.7. The van der Waals surface area contributed by atoms with Gasteiger partial charge in [-0.25, -0.2) is 0 Å². The predicted octanol–water partition coefficient (Wildman–Crippen LogP) is 4.03. The van der Waals surface area contributed by atoms with E-state index in [-0.39, 0.29) is 11.3 Å². The maximum atomic E-state index is 13.4. The average Bonchev–Trinajstić information content (AvgIpc) is 3.21. The van der Waals surface area contributed by atoms with Crippen LogP contribution in [-0.2, 0) is 14.3 Å². The lowest BCUT2D eigenvalue weighted by atomic mass is 9.95. The van der Waals surface area contributed by atoms with Gasteiger partial charge in [0.15, 0.2) is 11.5 Å². The van der Waals surface area contributed by atoms with Crippen molar-refractivity contribution in [1.29, 1.82) is 0 Å². The third kappa shape index (κ3) is 6.54. The number of carbonyl (C=O) groups excluding carboxylic acids is 2. The lowest BCUT2D eigenvalue weighted by molar-refractivity contribution is -0.140. The fourth-order valence-electron chi connectivity index (χ4n) is 4.86. The minimum atomic E-state index is -0.781. The van der Waals surface area contributed by atoms with Gasteiger partial charge in [-0.3, -0.25) is 14.5 Å². The summed E-state index contributed by atoms with van der Waals surface area (Å²) in [6, 6.07) is 11.5. The summed E-state index contributed by atoms with van der Waals surface area (Å²) in [5.74, 6) is 0.213. The smallest absolute Gasteiger partial charge is 0.295 e. The molecule has 1 unspecified atom stereocenters. The minimum absolute atomic E-state index is 0.0517. The van der Waals surface area contributed by atoms with Crippen LogP contribution in [0.15, 0.2) is 48.0 Å². The van der Waals surface area contributed by atoms with Gasteiger partial charge in [-0.1, -0.05) is 13.0 Å². The number of likely N-dealkylation sites (tertiary alicyclic amines) is 1. The summed E-state index contributed by atoms with van der Waals surface area (Å²) in [6.07, 6.45) is 0.844. The summed E-state index contributed by atoms with van der Waals surface area (Å²) in [4.78, 5) is 30.6. The lowest BCUT2D eigenvalue weighted by Gasteiger charge is -2.31. The van der Waals surface area contributed by atoms with Gasteiger partial charge in [-0.05, 0) is 62.2 Å². The van der Waals surface area contributed by atoms with Crippen LogP contribution in [-0.4, -0.2) is 85.8 Å². The molecule has 2 heterocycles. The van der Waals surface area contributed by atoms with Crippen molar-refractivity contribution in [2.75, 3.05) is 59.2 Å². The highest BCUT2D eigenvalue weighted by Gasteiger charge is 2.46. The number of hydrogen-bond acceptors (Lipinski definition) is 8. The number of benzene rings is 2. The Hall–Kier alpha value is -3.56. The first-order chi connectivity index (χ1) is 19.0. The molecule has 0 aromatic heterocycles. The number of ketones is 1. The maximum Gasteiger partial charge on any atom is 0.295 e. The first kappa shape index (κ1) is 28.4. The van der Waals surface area contributed by atoms with Crippen LogP contribution in [0.5, 0.6) is 17.2 Å². The van der Waals surface area contributed by atoms with E-state index in [0.29, 0.717) is 74.5 Å². The number of rotatable bonds is 12. The van der Waals surface area contributed by atoms with E-state index in [4.69, 9.17) is 18.9 Å². The van der Waals surface area contributed by atoms with Crippen LogP contribution in [0.3, 0.4) is 0 Å². The Morgan fingerprint density at radius 2 is 1.64 bits per heavy atom. The summed E-state index contributed by atoms with van der Waals surface area (Å²) in [5.41, 5.74) is 1.15. The Morgan fingerprint density at radius 3 is 2.31 bits per heavy atom. The Morgan fingerprint density at radius 1 is 0.923 bits per heavy atom. The first-order valence-electron chi connectivity index (χ1n) is 13.7. The molecular weight excluding hydrogens is 500 g/mol. The maximum absolute atomic E-state index is 13.4. The molecule has 2 saturated heterocycles. The van der Waals surface area contributed by atoms with E-state index in [2.05, 4.69) is 4.90 Å². The van der Waals surface area contributed by atoms with Gasteiger partial charge < -0.3 is 29.0 Å². The second kappa shape index (κ2) is 13.5. The summed E-state index contributed by atoms with van der Waals surface area (Å²) >= 11 is 0. The Bertz CT molecular complexity index is 1170. The van der Waals surface area contributed by atoms with Crippen LogP contribution in [0.1, 0.15) is 44.4 Å². The van der Waals surface area contributed by atoms with Crippen molar-refractivity contribution in [3.63, 3.8) is 0 Å². The van der Waals surface area contributed by atoms with Crippen molar-refractivity contribution in [3.05, 3.63) is 59.2 Å². The van der Waals surface area contributed by atoms with Crippen molar-refractivity contribution in [3.8, 4) is 17.2 Å². The number of Topliss-reactive ketones (excluding diaryl/α,β-unsaturated/α-hetero) is 1. The molecule has 2 aliphatic heterocycles. The molecule has 2 fully saturated rings. The van der Waals surface area contributed by atoms with Crippen molar-refractivity contribution in [2.24, 2.45) is 0 Å². The zero-order chi connectivity index (χ0) is 27.8. The average molecular weight is 539 g/mol. The van der Waals surface area contributed by atoms with Gasteiger partial charge >= 0.3 is 0 Å². The Balaban J connectivity index is 1.75. The second-order valence-corrected chi connectivity index (χ2v) is 9.39. The van der Waals surface area contributed by atoms with Crippen LogP contribution >= 0.6 is 0 Å². The SMILES string of the molecule is CCCOc1ccc(C2/C(=C(\O)c3ccc(OCC)cc3)C(=O)C(=O)N2CCN2CCOCC2)cc1OCC. The minimum Gasteiger partial charge on any atom is -0.507 e. The van der Waals surface area contributed by atoms with Crippen LogP contribution in [0.25, 0.3) is 5.76 Å². The zero-order valence-corrected chi connectivity index (χ0v) is 23.0. The number of aliphatic hydroxyl groups excluding tert-OH is 1. The molecule has 0 aliphatic carbocycles. The summed E-state index contributed by atoms with van der Waals surface area (Å²) in [5, 5.41) is 11.4. The molecule has 9 heteroatoms. The number of aliphatic hydroxyl groups is 1. The normalized spacial score (nSPS) is 19.4. The molecular formula is C30H38N2O7. The zero-order valence-electron chi connectivity index (χ0n) is 23.0. The molecule has 0 bridgehead atoms. The standard InChI is InChI=1S/C30H38N2O7/c1-4-17-39-24-12-9-22(20-25(24)38-6-3)27-26(28(33)21-7-10-23(11-8-21)37-5-2)29(34)30(35)32(27)14-13-31-15-18-36-19-16-31/h7-12,20,27,33H,4-6,13-19H2,1-3H3/b28-26+. The quantitative estimate of drug-likeness (QED) is 0.246. The third-order valence-corrected chi connectivity index (χ3v) is 6.78. The molecule has 2 aliphatic rings. The highest BCUT2D eigenvalue weighted by Crippen LogP contribution is 2.42. The number of nitrogens with zero attached hydrogens (tertiary/aromatic N) is 2. The molecule has 9 nitrogen and oxygen atoms in total.